The molecule has 2 aromatic heterocycles. The van der Waals surface area contributed by atoms with Crippen molar-refractivity contribution in [2.75, 3.05) is 29.0 Å². The summed E-state index contributed by atoms with van der Waals surface area (Å²) in [5.74, 6) is -0.187. The highest BCUT2D eigenvalue weighted by Gasteiger charge is 2.17. The molecule has 0 amide bonds. The van der Waals surface area contributed by atoms with Crippen molar-refractivity contribution in [3.05, 3.63) is 110 Å². The second-order valence-electron chi connectivity index (χ2n) is 9.43. The summed E-state index contributed by atoms with van der Waals surface area (Å²) in [5, 5.41) is 10.0. The molecule has 40 heavy (non-hydrogen) atoms. The molecule has 1 aliphatic rings. The zero-order chi connectivity index (χ0) is 27.6. The fourth-order valence-electron chi connectivity index (χ4n) is 4.23. The first-order valence-electron chi connectivity index (χ1n) is 13.3. The third-order valence-electron chi connectivity index (χ3n) is 6.37. The van der Waals surface area contributed by atoms with Crippen LogP contribution in [-0.2, 0) is 17.9 Å². The van der Waals surface area contributed by atoms with Gasteiger partial charge in [-0.3, -0.25) is 4.79 Å². The number of nitrogens with one attached hydrogen (secondary N) is 3. The van der Waals surface area contributed by atoms with Crippen molar-refractivity contribution in [1.29, 1.82) is 0 Å². The zero-order valence-electron chi connectivity index (χ0n) is 22.2. The Morgan fingerprint density at radius 2 is 1.30 bits per heavy atom. The van der Waals surface area contributed by atoms with E-state index in [4.69, 9.17) is 5.73 Å². The van der Waals surface area contributed by atoms with Gasteiger partial charge in [-0.2, -0.15) is 0 Å². The van der Waals surface area contributed by atoms with Crippen molar-refractivity contribution in [3.8, 4) is 0 Å². The molecule has 0 fully saturated rings. The van der Waals surface area contributed by atoms with E-state index in [1.807, 2.05) is 73.6 Å². The van der Waals surface area contributed by atoms with E-state index in [0.29, 0.717) is 17.1 Å². The monoisotopic (exact) mass is 535 g/mol. The summed E-state index contributed by atoms with van der Waals surface area (Å²) in [4.78, 5) is 25.4. The van der Waals surface area contributed by atoms with Gasteiger partial charge in [-0.15, -0.1) is 0 Å². The number of allylic oxidation sites excluding steroid dienone is 2. The number of aromatic nitrogens is 4. The van der Waals surface area contributed by atoms with Gasteiger partial charge in [-0.05, 0) is 67.4 Å². The fraction of sp³-hybridized carbons (Fsp3) is 0.200. The third-order valence-corrected chi connectivity index (χ3v) is 6.37. The predicted molar refractivity (Wildman–Crippen MR) is 160 cm³/mol. The minimum atomic E-state index is -0.187. The second kappa shape index (κ2) is 13.1. The topological polar surface area (TPSA) is 127 Å². The van der Waals surface area contributed by atoms with Gasteiger partial charge in [0, 0.05) is 74.1 Å². The Bertz CT molecular complexity index is 1470. The summed E-state index contributed by atoms with van der Waals surface area (Å²) in [6.45, 7) is 3.53. The van der Waals surface area contributed by atoms with Gasteiger partial charge < -0.3 is 30.8 Å². The lowest BCUT2D eigenvalue weighted by Gasteiger charge is -2.15. The van der Waals surface area contributed by atoms with Crippen molar-refractivity contribution < 1.29 is 4.79 Å². The predicted octanol–water partition coefficient (Wildman–Crippen LogP) is 4.58. The van der Waals surface area contributed by atoms with Crippen LogP contribution in [0.2, 0.25) is 0 Å². The minimum Gasteiger partial charge on any atom is -0.397 e. The molecule has 4 aromatic rings. The van der Waals surface area contributed by atoms with E-state index in [0.717, 1.165) is 61.8 Å². The Hall–Kier alpha value is -5.12. The van der Waals surface area contributed by atoms with Gasteiger partial charge in [0.05, 0.1) is 35.4 Å². The number of benzene rings is 2. The molecule has 0 saturated heterocycles. The van der Waals surface area contributed by atoms with E-state index in [-0.39, 0.29) is 5.78 Å². The Morgan fingerprint density at radius 1 is 0.750 bits per heavy atom. The fourth-order valence-corrected chi connectivity index (χ4v) is 4.23. The summed E-state index contributed by atoms with van der Waals surface area (Å²) in [6, 6.07) is 15.7. The maximum absolute atomic E-state index is 12.6. The number of imidazole rings is 2. The minimum absolute atomic E-state index is 0.187. The van der Waals surface area contributed by atoms with E-state index in [1.165, 1.54) is 6.08 Å². The van der Waals surface area contributed by atoms with Crippen molar-refractivity contribution >= 4 is 34.2 Å². The number of ketones is 1. The largest absolute Gasteiger partial charge is 0.397 e. The molecule has 204 valence electrons. The van der Waals surface area contributed by atoms with E-state index < -0.39 is 0 Å². The van der Waals surface area contributed by atoms with Crippen LogP contribution in [0, 0.1) is 0 Å². The summed E-state index contributed by atoms with van der Waals surface area (Å²) in [5.41, 5.74) is 11.0. The molecular formula is C30H33N9O. The average Bonchev–Trinajstić information content (AvgIpc) is 3.68. The molecule has 0 bridgehead atoms. The van der Waals surface area contributed by atoms with Crippen LogP contribution in [0.25, 0.3) is 0 Å². The molecule has 0 aliphatic heterocycles. The van der Waals surface area contributed by atoms with Gasteiger partial charge in [0.1, 0.15) is 0 Å². The lowest BCUT2D eigenvalue weighted by Crippen LogP contribution is -2.22. The summed E-state index contributed by atoms with van der Waals surface area (Å²) in [6.07, 6.45) is 16.2. The van der Waals surface area contributed by atoms with Crippen molar-refractivity contribution in [1.82, 2.24) is 19.1 Å². The van der Waals surface area contributed by atoms with Crippen LogP contribution >= 0.6 is 0 Å². The summed E-state index contributed by atoms with van der Waals surface area (Å²) >= 11 is 0. The third kappa shape index (κ3) is 7.47. The van der Waals surface area contributed by atoms with Gasteiger partial charge in [0.25, 0.3) is 0 Å². The number of aliphatic imine (C=N–C) groups is 1. The van der Waals surface area contributed by atoms with E-state index in [1.54, 1.807) is 18.5 Å². The van der Waals surface area contributed by atoms with Crippen LogP contribution < -0.4 is 21.7 Å². The smallest absolute Gasteiger partial charge is 0.204 e. The molecule has 0 saturated carbocycles. The van der Waals surface area contributed by atoms with Crippen LogP contribution in [0.15, 0.2) is 115 Å². The van der Waals surface area contributed by atoms with Crippen LogP contribution in [0.1, 0.15) is 12.8 Å². The highest BCUT2D eigenvalue weighted by atomic mass is 16.1. The van der Waals surface area contributed by atoms with Crippen LogP contribution in [0.5, 0.6) is 0 Å². The van der Waals surface area contributed by atoms with E-state index in [9.17, 15) is 4.79 Å². The maximum atomic E-state index is 12.6. The Kier molecular flexibility index (Phi) is 8.67. The standard InChI is InChI=1S/C30H33N9O/c31-27-19-30(40)29(37-26-9-5-24(6-10-26)35-12-2-16-39-18-14-33-22-39)20-28(27)36-25-7-3-23(4-8-25)34-11-1-15-38-17-13-32-21-38/h3-10,13-14,17-22,34-35,37H,1-2,11-12,15-16,31H2. The lowest BCUT2D eigenvalue weighted by atomic mass is 10.1. The Balaban J connectivity index is 1.14. The van der Waals surface area contributed by atoms with Gasteiger partial charge >= 0.3 is 0 Å². The highest BCUT2D eigenvalue weighted by molar-refractivity contribution is 6.23. The lowest BCUT2D eigenvalue weighted by molar-refractivity contribution is -0.111. The molecule has 2 heterocycles. The number of rotatable bonds is 13. The quantitative estimate of drug-likeness (QED) is 0.146. The first-order chi connectivity index (χ1) is 19.6. The van der Waals surface area contributed by atoms with E-state index in [2.05, 4.69) is 40.0 Å². The number of anilines is 3. The first-order valence-corrected chi connectivity index (χ1v) is 13.3. The van der Waals surface area contributed by atoms with Gasteiger partial charge in [-0.25, -0.2) is 15.0 Å². The zero-order valence-corrected chi connectivity index (χ0v) is 22.2. The summed E-state index contributed by atoms with van der Waals surface area (Å²) < 4.78 is 4.12. The second-order valence-corrected chi connectivity index (χ2v) is 9.43. The molecule has 0 unspecified atom stereocenters. The van der Waals surface area contributed by atoms with Crippen LogP contribution in [0.3, 0.4) is 0 Å². The Morgan fingerprint density at radius 3 is 1.85 bits per heavy atom. The molecule has 1 aliphatic carbocycles. The van der Waals surface area contributed by atoms with Crippen molar-refractivity contribution in [3.63, 3.8) is 0 Å². The molecule has 0 spiro atoms. The number of nitrogens with two attached hydrogens (primary N) is 1. The van der Waals surface area contributed by atoms with Crippen molar-refractivity contribution in [2.45, 2.75) is 25.9 Å². The molecule has 5 rings (SSSR count). The number of hydrogen-bond acceptors (Lipinski definition) is 8. The van der Waals surface area contributed by atoms with Gasteiger partial charge in [0.2, 0.25) is 5.78 Å². The number of carbonyl (C=O) groups is 1. The highest BCUT2D eigenvalue weighted by Crippen LogP contribution is 2.21. The van der Waals surface area contributed by atoms with Crippen LogP contribution in [0.4, 0.5) is 22.7 Å². The molecule has 2 aromatic carbocycles. The number of carbonyl (C=O) groups excluding carboxylic acids is 1. The summed E-state index contributed by atoms with van der Waals surface area (Å²) in [7, 11) is 0. The van der Waals surface area contributed by atoms with Gasteiger partial charge in [-0.1, -0.05) is 0 Å². The number of nitrogens with zero attached hydrogens (tertiary/aromatic N) is 5. The van der Waals surface area contributed by atoms with Crippen molar-refractivity contribution in [2.24, 2.45) is 10.7 Å². The normalized spacial score (nSPS) is 14.1. The molecule has 0 radical (unpaired) electrons. The average molecular weight is 536 g/mol. The molecular weight excluding hydrogens is 502 g/mol. The van der Waals surface area contributed by atoms with Crippen LogP contribution in [-0.4, -0.2) is 43.7 Å². The first kappa shape index (κ1) is 26.5. The number of hydrogen-bond donors (Lipinski definition) is 4. The SMILES string of the molecule is NC1=CC(=O)C(Nc2ccc(NCCCn3ccnc3)cc2)=CC1=Nc1ccc(NCCCn2ccnc2)cc1. The maximum Gasteiger partial charge on any atom is 0.204 e. The number of aryl methyl sites for hydroxylation is 2. The molecule has 5 N–H and O–H groups in total. The Labute approximate surface area is 233 Å². The molecule has 0 atom stereocenters. The molecule has 10 nitrogen and oxygen atoms in total. The van der Waals surface area contributed by atoms with Gasteiger partial charge in [0.15, 0.2) is 0 Å². The van der Waals surface area contributed by atoms with E-state index >= 15 is 0 Å². The molecule has 10 heteroatoms.